The first-order valence-corrected chi connectivity index (χ1v) is 13.0. The molecule has 7 heteroatoms. The monoisotopic (exact) mass is 504 g/mol. The van der Waals surface area contributed by atoms with Gasteiger partial charge in [0.2, 0.25) is 0 Å². The molecule has 0 saturated heterocycles. The lowest BCUT2D eigenvalue weighted by Crippen LogP contribution is -2.29. The van der Waals surface area contributed by atoms with E-state index in [0.29, 0.717) is 39.5 Å². The summed E-state index contributed by atoms with van der Waals surface area (Å²) in [7, 11) is 4.24. The van der Waals surface area contributed by atoms with Crippen LogP contribution in [0.3, 0.4) is 0 Å². The van der Waals surface area contributed by atoms with E-state index >= 15 is 0 Å². The van der Waals surface area contributed by atoms with Gasteiger partial charge in [-0.25, -0.2) is 0 Å². The van der Waals surface area contributed by atoms with Crippen LogP contribution in [-0.4, -0.2) is 47.5 Å². The van der Waals surface area contributed by atoms with Gasteiger partial charge < -0.3 is 25.7 Å². The number of benzene rings is 4. The van der Waals surface area contributed by atoms with Gasteiger partial charge in [-0.15, -0.1) is 0 Å². The van der Waals surface area contributed by atoms with Crippen molar-refractivity contribution >= 4 is 36.4 Å². The third-order valence-corrected chi connectivity index (χ3v) is 6.00. The quantitative estimate of drug-likeness (QED) is 0.189. The van der Waals surface area contributed by atoms with Crippen molar-refractivity contribution in [3.05, 3.63) is 108 Å². The molecule has 0 amide bonds. The normalized spacial score (nSPS) is 10.7. The first-order valence-electron chi connectivity index (χ1n) is 13.0. The summed E-state index contributed by atoms with van der Waals surface area (Å²) in [5, 5.41) is 0. The largest absolute Gasteiger partial charge is 0.493 e. The Hall–Kier alpha value is -3.51. The highest BCUT2D eigenvalue weighted by molar-refractivity contribution is 6.68. The second kappa shape index (κ2) is 15.0. The van der Waals surface area contributed by atoms with E-state index in [4.69, 9.17) is 25.7 Å². The van der Waals surface area contributed by atoms with Gasteiger partial charge in [-0.3, -0.25) is 0 Å². The third-order valence-electron chi connectivity index (χ3n) is 6.00. The molecule has 0 aliphatic rings. The highest BCUT2D eigenvalue weighted by Gasteiger charge is 2.08. The molecule has 0 heterocycles. The van der Waals surface area contributed by atoms with Crippen LogP contribution in [0.1, 0.15) is 11.1 Å². The Bertz CT molecular complexity index is 1150. The summed E-state index contributed by atoms with van der Waals surface area (Å²) in [6.45, 7) is 3.25. The molecular weight excluding hydrogens is 470 g/mol. The van der Waals surface area contributed by atoms with Crippen LogP contribution in [-0.2, 0) is 17.8 Å². The Kier molecular flexibility index (Phi) is 10.9. The van der Waals surface area contributed by atoms with Gasteiger partial charge in [-0.1, -0.05) is 95.9 Å². The number of para-hydroxylation sites is 2. The van der Waals surface area contributed by atoms with E-state index in [1.807, 2.05) is 42.5 Å². The molecule has 0 fully saturated rings. The summed E-state index contributed by atoms with van der Waals surface area (Å²) >= 11 is 0. The maximum atomic E-state index is 5.95. The fraction of sp³-hybridized carbons (Fsp3) is 0.226. The SMILES string of the molecule is NCCOc1ccccc1[B]c1ccc(CCOCc2ccc([B]c3ccccc3OCCN)cc2)cc1. The Morgan fingerprint density at radius 1 is 0.526 bits per heavy atom. The summed E-state index contributed by atoms with van der Waals surface area (Å²) in [5.41, 5.74) is 17.9. The lowest BCUT2D eigenvalue weighted by Gasteiger charge is -2.11. The molecule has 0 aromatic heterocycles. The van der Waals surface area contributed by atoms with E-state index in [9.17, 15) is 0 Å². The van der Waals surface area contributed by atoms with Crippen molar-refractivity contribution in [2.75, 3.05) is 32.9 Å². The molecule has 2 radical (unpaired) electrons. The molecule has 0 atom stereocenters. The van der Waals surface area contributed by atoms with Gasteiger partial charge in [0.05, 0.1) is 13.2 Å². The molecule has 4 rings (SSSR count). The molecule has 0 saturated carbocycles. The van der Waals surface area contributed by atoms with Crippen LogP contribution in [0.2, 0.25) is 0 Å². The molecule has 4 aromatic rings. The molecule has 38 heavy (non-hydrogen) atoms. The van der Waals surface area contributed by atoms with E-state index in [1.54, 1.807) is 0 Å². The van der Waals surface area contributed by atoms with Crippen LogP contribution in [0, 0.1) is 0 Å². The van der Waals surface area contributed by atoms with Gasteiger partial charge in [0.15, 0.2) is 14.6 Å². The average Bonchev–Trinajstić information content (AvgIpc) is 2.96. The Morgan fingerprint density at radius 3 is 1.50 bits per heavy atom. The van der Waals surface area contributed by atoms with Gasteiger partial charge >= 0.3 is 0 Å². The highest BCUT2D eigenvalue weighted by Crippen LogP contribution is 2.08. The highest BCUT2D eigenvalue weighted by atomic mass is 16.5. The van der Waals surface area contributed by atoms with Crippen molar-refractivity contribution in [2.24, 2.45) is 11.5 Å². The van der Waals surface area contributed by atoms with E-state index in [-0.39, 0.29) is 0 Å². The zero-order valence-electron chi connectivity index (χ0n) is 21.7. The smallest absolute Gasteiger partial charge is 0.196 e. The Balaban J connectivity index is 1.21. The van der Waals surface area contributed by atoms with Gasteiger partial charge in [-0.2, -0.15) is 0 Å². The second-order valence-electron chi connectivity index (χ2n) is 8.92. The van der Waals surface area contributed by atoms with Crippen molar-refractivity contribution in [3.63, 3.8) is 0 Å². The average molecular weight is 504 g/mol. The summed E-state index contributed by atoms with van der Waals surface area (Å²) in [6.07, 6.45) is 0.863. The standard InChI is InChI=1S/C31H34B2N2O3/c34-18-21-37-30-7-3-1-5-28(30)32-26-13-9-24(10-14-26)17-20-36-23-25-11-15-27(16-12-25)33-29-6-2-4-8-31(29)38-22-19-35/h1-16H,17-23,34-35H2. The molecule has 0 bridgehead atoms. The van der Waals surface area contributed by atoms with Crippen LogP contribution in [0.15, 0.2) is 97.1 Å². The van der Waals surface area contributed by atoms with Gasteiger partial charge in [0, 0.05) is 13.1 Å². The number of hydrogen-bond acceptors (Lipinski definition) is 5. The zero-order chi connectivity index (χ0) is 26.4. The predicted octanol–water partition coefficient (Wildman–Crippen LogP) is 1.43. The minimum atomic E-state index is 0.494. The van der Waals surface area contributed by atoms with Crippen LogP contribution >= 0.6 is 0 Å². The van der Waals surface area contributed by atoms with E-state index in [2.05, 4.69) is 69.2 Å². The summed E-state index contributed by atoms with van der Waals surface area (Å²) in [4.78, 5) is 0. The van der Waals surface area contributed by atoms with Crippen LogP contribution in [0.4, 0.5) is 0 Å². The number of ether oxygens (including phenoxy) is 3. The van der Waals surface area contributed by atoms with Crippen LogP contribution < -0.4 is 42.8 Å². The summed E-state index contributed by atoms with van der Waals surface area (Å²) in [6, 6.07) is 33.0. The molecule has 0 spiro atoms. The summed E-state index contributed by atoms with van der Waals surface area (Å²) in [5.74, 6) is 1.69. The Morgan fingerprint density at radius 2 is 1.00 bits per heavy atom. The maximum Gasteiger partial charge on any atom is 0.196 e. The lowest BCUT2D eigenvalue weighted by atomic mass is 9.63. The predicted molar refractivity (Wildman–Crippen MR) is 158 cm³/mol. The van der Waals surface area contributed by atoms with E-state index in [0.717, 1.165) is 45.3 Å². The topological polar surface area (TPSA) is 79.7 Å². The molecular formula is C31H34B2N2O3. The van der Waals surface area contributed by atoms with E-state index in [1.165, 1.54) is 5.56 Å². The van der Waals surface area contributed by atoms with Crippen molar-refractivity contribution in [3.8, 4) is 11.5 Å². The number of nitrogens with two attached hydrogens (primary N) is 2. The van der Waals surface area contributed by atoms with E-state index < -0.39 is 0 Å². The lowest BCUT2D eigenvalue weighted by molar-refractivity contribution is 0.124. The van der Waals surface area contributed by atoms with Crippen molar-refractivity contribution in [2.45, 2.75) is 13.0 Å². The first-order chi connectivity index (χ1) is 18.7. The van der Waals surface area contributed by atoms with Crippen LogP contribution in [0.25, 0.3) is 0 Å². The molecule has 5 nitrogen and oxygen atoms in total. The minimum Gasteiger partial charge on any atom is -0.493 e. The number of rotatable bonds is 15. The third kappa shape index (κ3) is 8.52. The molecule has 4 N–H and O–H groups in total. The fourth-order valence-corrected chi connectivity index (χ4v) is 4.03. The maximum absolute atomic E-state index is 5.95. The van der Waals surface area contributed by atoms with Crippen molar-refractivity contribution in [1.82, 2.24) is 0 Å². The van der Waals surface area contributed by atoms with Gasteiger partial charge in [-0.05, 0) is 40.6 Å². The Labute approximate surface area is 227 Å². The first kappa shape index (κ1) is 27.5. The van der Waals surface area contributed by atoms with Crippen molar-refractivity contribution < 1.29 is 14.2 Å². The van der Waals surface area contributed by atoms with Gasteiger partial charge in [0.1, 0.15) is 24.7 Å². The van der Waals surface area contributed by atoms with Crippen molar-refractivity contribution in [1.29, 1.82) is 0 Å². The molecule has 0 aliphatic carbocycles. The molecule has 0 unspecified atom stereocenters. The fourth-order valence-electron chi connectivity index (χ4n) is 4.03. The number of hydrogen-bond donors (Lipinski definition) is 2. The molecule has 0 aliphatic heterocycles. The minimum absolute atomic E-state index is 0.494. The summed E-state index contributed by atoms with van der Waals surface area (Å²) < 4.78 is 17.4. The molecule has 192 valence electrons. The van der Waals surface area contributed by atoms with Gasteiger partial charge in [0.25, 0.3) is 0 Å². The second-order valence-corrected chi connectivity index (χ2v) is 8.92. The van der Waals surface area contributed by atoms with Crippen LogP contribution in [0.5, 0.6) is 11.5 Å². The molecule has 4 aromatic carbocycles. The zero-order valence-corrected chi connectivity index (χ0v) is 21.7.